The molecule has 1 saturated heterocycles. The van der Waals surface area contributed by atoms with E-state index in [0.29, 0.717) is 12.1 Å². The molecule has 10 heavy (non-hydrogen) atoms. The van der Waals surface area contributed by atoms with Gasteiger partial charge in [-0.2, -0.15) is 0 Å². The largest absolute Gasteiger partial charge is 0.393 e. The van der Waals surface area contributed by atoms with E-state index in [1.165, 1.54) is 0 Å². The normalized spacial score (nSPS) is 41.2. The van der Waals surface area contributed by atoms with Crippen molar-refractivity contribution in [3.8, 4) is 0 Å². The van der Waals surface area contributed by atoms with E-state index in [1.54, 1.807) is 0 Å². The summed E-state index contributed by atoms with van der Waals surface area (Å²) < 4.78 is 0. The van der Waals surface area contributed by atoms with Crippen LogP contribution in [0.3, 0.4) is 0 Å². The number of hydrogen-bond acceptors (Lipinski definition) is 2. The number of hydrogen-bond donors (Lipinski definition) is 2. The van der Waals surface area contributed by atoms with E-state index in [2.05, 4.69) is 18.8 Å². The standard InChI is InChI=1S/C8H15NO/c1-3-7-5-8(10)4-6(2)9-7/h3,6-10H,1,4-5H2,2H3/t6-,7+,8+/m1/s1. The maximum absolute atomic E-state index is 9.29. The van der Waals surface area contributed by atoms with Crippen LogP contribution in [-0.4, -0.2) is 23.3 Å². The average Bonchev–Trinajstić information content (AvgIpc) is 1.85. The summed E-state index contributed by atoms with van der Waals surface area (Å²) in [7, 11) is 0. The topological polar surface area (TPSA) is 32.3 Å². The highest BCUT2D eigenvalue weighted by atomic mass is 16.3. The minimum Gasteiger partial charge on any atom is -0.393 e. The predicted molar refractivity (Wildman–Crippen MR) is 41.8 cm³/mol. The zero-order valence-corrected chi connectivity index (χ0v) is 6.38. The molecule has 1 fully saturated rings. The third-order valence-corrected chi connectivity index (χ3v) is 1.93. The lowest BCUT2D eigenvalue weighted by atomic mass is 9.97. The SMILES string of the molecule is C=C[C@H]1C[C@@H](O)C[C@@H](C)N1. The molecule has 2 heteroatoms. The third kappa shape index (κ3) is 1.82. The van der Waals surface area contributed by atoms with Gasteiger partial charge in [0.1, 0.15) is 0 Å². The molecule has 1 rings (SSSR count). The fourth-order valence-electron chi connectivity index (χ4n) is 1.46. The monoisotopic (exact) mass is 141 g/mol. The van der Waals surface area contributed by atoms with Crippen molar-refractivity contribution in [1.82, 2.24) is 5.32 Å². The van der Waals surface area contributed by atoms with Gasteiger partial charge in [-0.15, -0.1) is 6.58 Å². The molecule has 2 nitrogen and oxygen atoms in total. The molecule has 0 unspecified atom stereocenters. The highest BCUT2D eigenvalue weighted by Gasteiger charge is 2.21. The molecule has 0 spiro atoms. The van der Waals surface area contributed by atoms with Gasteiger partial charge < -0.3 is 10.4 Å². The van der Waals surface area contributed by atoms with E-state index in [-0.39, 0.29) is 6.10 Å². The van der Waals surface area contributed by atoms with E-state index in [4.69, 9.17) is 0 Å². The molecule has 0 bridgehead atoms. The highest BCUT2D eigenvalue weighted by Crippen LogP contribution is 2.13. The van der Waals surface area contributed by atoms with Crippen LogP contribution in [-0.2, 0) is 0 Å². The molecule has 0 aromatic heterocycles. The Labute approximate surface area is 61.9 Å². The smallest absolute Gasteiger partial charge is 0.0572 e. The van der Waals surface area contributed by atoms with E-state index < -0.39 is 0 Å². The molecule has 2 N–H and O–H groups in total. The first-order valence-electron chi connectivity index (χ1n) is 3.79. The van der Waals surface area contributed by atoms with Gasteiger partial charge in [-0.3, -0.25) is 0 Å². The quantitative estimate of drug-likeness (QED) is 0.526. The van der Waals surface area contributed by atoms with Crippen molar-refractivity contribution in [2.45, 2.75) is 38.0 Å². The van der Waals surface area contributed by atoms with Crippen molar-refractivity contribution in [2.24, 2.45) is 0 Å². The summed E-state index contributed by atoms with van der Waals surface area (Å²) in [6.07, 6.45) is 3.40. The molecule has 58 valence electrons. The summed E-state index contributed by atoms with van der Waals surface area (Å²) >= 11 is 0. The van der Waals surface area contributed by atoms with Gasteiger partial charge in [0.25, 0.3) is 0 Å². The van der Waals surface area contributed by atoms with Crippen LogP contribution in [0.1, 0.15) is 19.8 Å². The molecular formula is C8H15NO. The van der Waals surface area contributed by atoms with Crippen LogP contribution in [0.25, 0.3) is 0 Å². The van der Waals surface area contributed by atoms with E-state index in [9.17, 15) is 5.11 Å². The van der Waals surface area contributed by atoms with Crippen LogP contribution in [0.5, 0.6) is 0 Å². The van der Waals surface area contributed by atoms with Crippen LogP contribution >= 0.6 is 0 Å². The van der Waals surface area contributed by atoms with E-state index in [0.717, 1.165) is 12.8 Å². The van der Waals surface area contributed by atoms with Crippen molar-refractivity contribution in [3.05, 3.63) is 12.7 Å². The van der Waals surface area contributed by atoms with Crippen molar-refractivity contribution in [1.29, 1.82) is 0 Å². The zero-order chi connectivity index (χ0) is 7.56. The molecule has 0 aromatic carbocycles. The molecule has 3 atom stereocenters. The lowest BCUT2D eigenvalue weighted by Crippen LogP contribution is -2.44. The van der Waals surface area contributed by atoms with Gasteiger partial charge >= 0.3 is 0 Å². The van der Waals surface area contributed by atoms with Gasteiger partial charge in [-0.25, -0.2) is 0 Å². The van der Waals surface area contributed by atoms with Crippen molar-refractivity contribution in [3.63, 3.8) is 0 Å². The predicted octanol–water partition coefficient (Wildman–Crippen LogP) is 0.674. The van der Waals surface area contributed by atoms with Gasteiger partial charge in [-0.05, 0) is 19.8 Å². The van der Waals surface area contributed by atoms with Crippen LogP contribution in [0.4, 0.5) is 0 Å². The zero-order valence-electron chi connectivity index (χ0n) is 6.38. The van der Waals surface area contributed by atoms with Gasteiger partial charge in [0.15, 0.2) is 0 Å². The van der Waals surface area contributed by atoms with Crippen molar-refractivity contribution < 1.29 is 5.11 Å². The van der Waals surface area contributed by atoms with Crippen LogP contribution in [0, 0.1) is 0 Å². The molecule has 0 amide bonds. The second kappa shape index (κ2) is 3.17. The van der Waals surface area contributed by atoms with E-state index in [1.807, 2.05) is 6.08 Å². The summed E-state index contributed by atoms with van der Waals surface area (Å²) in [6.45, 7) is 5.76. The van der Waals surface area contributed by atoms with Crippen LogP contribution < -0.4 is 5.32 Å². The average molecular weight is 141 g/mol. The molecule has 1 aliphatic rings. The number of piperidine rings is 1. The number of aliphatic hydroxyl groups excluding tert-OH is 1. The first-order chi connectivity index (χ1) is 4.72. The third-order valence-electron chi connectivity index (χ3n) is 1.93. The lowest BCUT2D eigenvalue weighted by Gasteiger charge is -2.30. The van der Waals surface area contributed by atoms with Gasteiger partial charge in [0.05, 0.1) is 6.10 Å². The molecule has 0 saturated carbocycles. The summed E-state index contributed by atoms with van der Waals surface area (Å²) in [6, 6.07) is 0.727. The van der Waals surface area contributed by atoms with Gasteiger partial charge in [0, 0.05) is 12.1 Å². The van der Waals surface area contributed by atoms with Gasteiger partial charge in [0.2, 0.25) is 0 Å². The number of nitrogens with one attached hydrogen (secondary N) is 1. The van der Waals surface area contributed by atoms with Crippen molar-refractivity contribution in [2.75, 3.05) is 0 Å². The summed E-state index contributed by atoms with van der Waals surface area (Å²) in [5, 5.41) is 12.6. The molecular weight excluding hydrogens is 126 g/mol. The van der Waals surface area contributed by atoms with Gasteiger partial charge in [-0.1, -0.05) is 6.08 Å². The molecule has 0 aromatic rings. The second-order valence-electron chi connectivity index (χ2n) is 3.04. The fourth-order valence-corrected chi connectivity index (χ4v) is 1.46. The molecule has 0 aliphatic carbocycles. The van der Waals surface area contributed by atoms with Crippen molar-refractivity contribution >= 4 is 0 Å². The second-order valence-corrected chi connectivity index (χ2v) is 3.04. The maximum Gasteiger partial charge on any atom is 0.0572 e. The number of aliphatic hydroxyl groups is 1. The van der Waals surface area contributed by atoms with E-state index >= 15 is 0 Å². The lowest BCUT2D eigenvalue weighted by molar-refractivity contribution is 0.107. The Morgan fingerprint density at radius 3 is 2.80 bits per heavy atom. The summed E-state index contributed by atoms with van der Waals surface area (Å²) in [5.74, 6) is 0. The molecule has 1 heterocycles. The Morgan fingerprint density at radius 1 is 1.60 bits per heavy atom. The maximum atomic E-state index is 9.29. The summed E-state index contributed by atoms with van der Waals surface area (Å²) in [4.78, 5) is 0. The Hall–Kier alpha value is -0.340. The molecule has 1 aliphatic heterocycles. The van der Waals surface area contributed by atoms with Crippen LogP contribution in [0.15, 0.2) is 12.7 Å². The van der Waals surface area contributed by atoms with Crippen LogP contribution in [0.2, 0.25) is 0 Å². The minimum atomic E-state index is -0.140. The minimum absolute atomic E-state index is 0.140. The Morgan fingerprint density at radius 2 is 2.30 bits per heavy atom. The Kier molecular flexibility index (Phi) is 2.46. The Bertz CT molecular complexity index is 114. The first kappa shape index (κ1) is 7.76. The first-order valence-corrected chi connectivity index (χ1v) is 3.79. The number of rotatable bonds is 1. The Balaban J connectivity index is 2.42. The fraction of sp³-hybridized carbons (Fsp3) is 0.750. The summed E-state index contributed by atoms with van der Waals surface area (Å²) in [5.41, 5.74) is 0. The highest BCUT2D eigenvalue weighted by molar-refractivity contribution is 4.93. The molecule has 0 radical (unpaired) electrons.